The maximum Gasteiger partial charge on any atom is 0.416 e. The zero-order chi connectivity index (χ0) is 21.2. The van der Waals surface area contributed by atoms with E-state index >= 15 is 0 Å². The van der Waals surface area contributed by atoms with Gasteiger partial charge in [0, 0.05) is 23.8 Å². The number of amides is 3. The highest BCUT2D eigenvalue weighted by Crippen LogP contribution is 2.35. The standard InChI is InChI=1S/C19H17ClF3N3O3/c1-29-16-6-5-12(19(21,22)23)9-15(16)24-17(27)11-25-7-8-26(18(25)28)14-4-2-3-13(20)10-14/h2-6,9-10H,7-8,11H2,1H3,(H,24,27). The molecule has 3 rings (SSSR count). The summed E-state index contributed by atoms with van der Waals surface area (Å²) in [6.45, 7) is 0.340. The number of halogens is 4. The van der Waals surface area contributed by atoms with Gasteiger partial charge in [0.25, 0.3) is 0 Å². The molecular weight excluding hydrogens is 411 g/mol. The van der Waals surface area contributed by atoms with Gasteiger partial charge >= 0.3 is 12.2 Å². The third kappa shape index (κ3) is 4.73. The van der Waals surface area contributed by atoms with Crippen molar-refractivity contribution in [2.75, 3.05) is 37.0 Å². The summed E-state index contributed by atoms with van der Waals surface area (Å²) in [6.07, 6.45) is -4.56. The van der Waals surface area contributed by atoms with Crippen molar-refractivity contribution < 1.29 is 27.5 Å². The smallest absolute Gasteiger partial charge is 0.416 e. The number of carbonyl (C=O) groups is 2. The minimum absolute atomic E-state index is 0.0830. The third-order valence-electron chi connectivity index (χ3n) is 4.35. The molecular formula is C19H17ClF3N3O3. The van der Waals surface area contributed by atoms with E-state index in [1.54, 1.807) is 24.3 Å². The Balaban J connectivity index is 1.69. The maximum atomic E-state index is 12.9. The van der Waals surface area contributed by atoms with Crippen LogP contribution in [0.25, 0.3) is 0 Å². The van der Waals surface area contributed by atoms with Crippen LogP contribution in [0.5, 0.6) is 5.75 Å². The molecule has 0 saturated carbocycles. The Morgan fingerprint density at radius 3 is 2.62 bits per heavy atom. The molecule has 0 unspecified atom stereocenters. The van der Waals surface area contributed by atoms with Gasteiger partial charge in [0.2, 0.25) is 5.91 Å². The predicted octanol–water partition coefficient (Wildman–Crippen LogP) is 4.25. The lowest BCUT2D eigenvalue weighted by molar-refractivity contribution is -0.137. The quantitative estimate of drug-likeness (QED) is 0.776. The van der Waals surface area contributed by atoms with Gasteiger partial charge in [-0.1, -0.05) is 17.7 Å². The second kappa shape index (κ2) is 8.20. The summed E-state index contributed by atoms with van der Waals surface area (Å²) in [5.74, 6) is -0.552. The largest absolute Gasteiger partial charge is 0.495 e. The molecule has 0 bridgehead atoms. The monoisotopic (exact) mass is 427 g/mol. The first-order valence-electron chi connectivity index (χ1n) is 8.56. The minimum atomic E-state index is -4.56. The summed E-state index contributed by atoms with van der Waals surface area (Å²) in [7, 11) is 1.28. The molecule has 3 amide bonds. The Kier molecular flexibility index (Phi) is 5.88. The van der Waals surface area contributed by atoms with E-state index in [1.807, 2.05) is 0 Å². The molecule has 6 nitrogen and oxygen atoms in total. The first kappa shape index (κ1) is 20.8. The highest BCUT2D eigenvalue weighted by Gasteiger charge is 2.33. The fraction of sp³-hybridized carbons (Fsp3) is 0.263. The van der Waals surface area contributed by atoms with Crippen LogP contribution < -0.4 is 15.0 Å². The van der Waals surface area contributed by atoms with Crippen LogP contribution in [0.2, 0.25) is 5.02 Å². The molecule has 29 heavy (non-hydrogen) atoms. The number of nitrogens with one attached hydrogen (secondary N) is 1. The van der Waals surface area contributed by atoms with E-state index in [0.717, 1.165) is 18.2 Å². The Bertz CT molecular complexity index is 936. The van der Waals surface area contributed by atoms with Crippen molar-refractivity contribution in [2.24, 2.45) is 0 Å². The zero-order valence-corrected chi connectivity index (χ0v) is 16.0. The van der Waals surface area contributed by atoms with Gasteiger partial charge in [-0.3, -0.25) is 9.69 Å². The summed E-state index contributed by atoms with van der Waals surface area (Å²) >= 11 is 5.95. The van der Waals surface area contributed by atoms with Crippen molar-refractivity contribution in [3.8, 4) is 5.75 Å². The van der Waals surface area contributed by atoms with Crippen LogP contribution in [-0.2, 0) is 11.0 Å². The lowest BCUT2D eigenvalue weighted by Gasteiger charge is -2.19. The average Bonchev–Trinajstić information content (AvgIpc) is 3.01. The van der Waals surface area contributed by atoms with Crippen LogP contribution >= 0.6 is 11.6 Å². The predicted molar refractivity (Wildman–Crippen MR) is 102 cm³/mol. The molecule has 154 valence electrons. The SMILES string of the molecule is COc1ccc(C(F)(F)F)cc1NC(=O)CN1CCN(c2cccc(Cl)c2)C1=O. The normalized spacial score (nSPS) is 14.3. The average molecular weight is 428 g/mol. The molecule has 2 aromatic rings. The Hall–Kier alpha value is -2.94. The molecule has 0 atom stereocenters. The summed E-state index contributed by atoms with van der Waals surface area (Å²) in [5.41, 5.74) is -0.436. The van der Waals surface area contributed by atoms with Crippen molar-refractivity contribution in [2.45, 2.75) is 6.18 Å². The van der Waals surface area contributed by atoms with E-state index in [-0.39, 0.29) is 18.0 Å². The van der Waals surface area contributed by atoms with Crippen LogP contribution in [0, 0.1) is 0 Å². The topological polar surface area (TPSA) is 61.9 Å². The van der Waals surface area contributed by atoms with Gasteiger partial charge in [-0.25, -0.2) is 4.79 Å². The van der Waals surface area contributed by atoms with Crippen molar-refractivity contribution in [3.63, 3.8) is 0 Å². The minimum Gasteiger partial charge on any atom is -0.495 e. The molecule has 1 aliphatic heterocycles. The first-order valence-corrected chi connectivity index (χ1v) is 8.94. The lowest BCUT2D eigenvalue weighted by Crippen LogP contribution is -2.37. The van der Waals surface area contributed by atoms with Crippen molar-refractivity contribution in [3.05, 3.63) is 53.1 Å². The number of anilines is 2. The van der Waals surface area contributed by atoms with Gasteiger partial charge in [-0.15, -0.1) is 0 Å². The van der Waals surface area contributed by atoms with Crippen LogP contribution in [0.1, 0.15) is 5.56 Å². The fourth-order valence-corrected chi connectivity index (χ4v) is 3.14. The summed E-state index contributed by atoms with van der Waals surface area (Å²) in [5, 5.41) is 2.86. The number of hydrogen-bond acceptors (Lipinski definition) is 3. The molecule has 1 aliphatic rings. The van der Waals surface area contributed by atoms with Crippen LogP contribution in [0.4, 0.5) is 29.3 Å². The number of carbonyl (C=O) groups excluding carboxylic acids is 2. The highest BCUT2D eigenvalue weighted by atomic mass is 35.5. The number of nitrogens with zero attached hydrogens (tertiary/aromatic N) is 2. The second-order valence-corrected chi connectivity index (χ2v) is 6.73. The van der Waals surface area contributed by atoms with Crippen molar-refractivity contribution >= 4 is 34.9 Å². The first-order chi connectivity index (χ1) is 13.7. The fourth-order valence-electron chi connectivity index (χ4n) is 2.96. The van der Waals surface area contributed by atoms with E-state index in [0.29, 0.717) is 23.8 Å². The number of urea groups is 1. The molecule has 10 heteroatoms. The molecule has 0 aromatic heterocycles. The summed E-state index contributed by atoms with van der Waals surface area (Å²) < 4.78 is 43.8. The van der Waals surface area contributed by atoms with E-state index in [9.17, 15) is 22.8 Å². The van der Waals surface area contributed by atoms with E-state index in [4.69, 9.17) is 16.3 Å². The van der Waals surface area contributed by atoms with Crippen molar-refractivity contribution in [1.29, 1.82) is 0 Å². The number of rotatable bonds is 5. The van der Waals surface area contributed by atoms with E-state index < -0.39 is 23.7 Å². The van der Waals surface area contributed by atoms with Crippen LogP contribution in [-0.4, -0.2) is 43.6 Å². The van der Waals surface area contributed by atoms with Gasteiger partial charge in [0.15, 0.2) is 0 Å². The molecule has 1 fully saturated rings. The number of hydrogen-bond donors (Lipinski definition) is 1. The third-order valence-corrected chi connectivity index (χ3v) is 4.59. The van der Waals surface area contributed by atoms with Gasteiger partial charge < -0.3 is 15.0 Å². The molecule has 0 spiro atoms. The number of methoxy groups -OCH3 is 1. The van der Waals surface area contributed by atoms with Crippen LogP contribution in [0.15, 0.2) is 42.5 Å². The summed E-state index contributed by atoms with van der Waals surface area (Å²) in [6, 6.07) is 9.14. The highest BCUT2D eigenvalue weighted by molar-refractivity contribution is 6.30. The summed E-state index contributed by atoms with van der Waals surface area (Å²) in [4.78, 5) is 27.7. The maximum absolute atomic E-state index is 12.9. The molecule has 1 N–H and O–H groups in total. The van der Waals surface area contributed by atoms with Crippen LogP contribution in [0.3, 0.4) is 0 Å². The Labute approximate surface area is 169 Å². The van der Waals surface area contributed by atoms with E-state index in [1.165, 1.54) is 16.9 Å². The van der Waals surface area contributed by atoms with Crippen molar-refractivity contribution in [1.82, 2.24) is 4.90 Å². The van der Waals surface area contributed by atoms with Gasteiger partial charge in [0.05, 0.1) is 18.4 Å². The molecule has 0 radical (unpaired) electrons. The molecule has 2 aromatic carbocycles. The number of ether oxygens (including phenoxy) is 1. The van der Waals surface area contributed by atoms with E-state index in [2.05, 4.69) is 5.32 Å². The Morgan fingerprint density at radius 2 is 1.97 bits per heavy atom. The molecule has 0 aliphatic carbocycles. The zero-order valence-electron chi connectivity index (χ0n) is 15.3. The van der Waals surface area contributed by atoms with Gasteiger partial charge in [-0.2, -0.15) is 13.2 Å². The molecule has 1 heterocycles. The molecule has 1 saturated heterocycles. The number of alkyl halides is 3. The second-order valence-electron chi connectivity index (χ2n) is 6.30. The Morgan fingerprint density at radius 1 is 1.21 bits per heavy atom. The van der Waals surface area contributed by atoms with Gasteiger partial charge in [0.1, 0.15) is 12.3 Å². The number of benzene rings is 2. The van der Waals surface area contributed by atoms with Gasteiger partial charge in [-0.05, 0) is 36.4 Å². The lowest BCUT2D eigenvalue weighted by atomic mass is 10.1.